The van der Waals surface area contributed by atoms with Gasteiger partial charge < -0.3 is 15.1 Å². The zero-order valence-electron chi connectivity index (χ0n) is 15.4. The van der Waals surface area contributed by atoms with E-state index in [1.54, 1.807) is 0 Å². The number of likely N-dealkylation sites (N-methyl/N-ethyl adjacent to an activating group) is 1. The molecular weight excluding hydrogens is 300 g/mol. The van der Waals surface area contributed by atoms with Crippen molar-refractivity contribution in [2.75, 3.05) is 46.8 Å². The summed E-state index contributed by atoms with van der Waals surface area (Å²) in [4.78, 5) is 20.1. The van der Waals surface area contributed by atoms with Crippen LogP contribution in [0.4, 0.5) is 0 Å². The van der Waals surface area contributed by atoms with Crippen molar-refractivity contribution in [1.82, 2.24) is 20.0 Å². The van der Waals surface area contributed by atoms with Crippen LogP contribution in [0.5, 0.6) is 0 Å². The lowest BCUT2D eigenvalue weighted by molar-refractivity contribution is -0.152. The lowest BCUT2D eigenvalue weighted by Gasteiger charge is -2.59. The highest BCUT2D eigenvalue weighted by molar-refractivity contribution is 5.78. The van der Waals surface area contributed by atoms with E-state index >= 15 is 0 Å². The van der Waals surface area contributed by atoms with E-state index in [1.165, 1.54) is 45.2 Å². The van der Waals surface area contributed by atoms with Gasteiger partial charge in [0.05, 0.1) is 0 Å². The minimum atomic E-state index is 0.384. The Balaban J connectivity index is 1.46. The van der Waals surface area contributed by atoms with E-state index < -0.39 is 0 Å². The molecule has 24 heavy (non-hydrogen) atoms. The minimum Gasteiger partial charge on any atom is -0.339 e. The van der Waals surface area contributed by atoms with E-state index in [0.29, 0.717) is 24.4 Å². The third-order valence-electron chi connectivity index (χ3n) is 6.93. The molecule has 0 spiro atoms. The quantitative estimate of drug-likeness (QED) is 0.833. The van der Waals surface area contributed by atoms with E-state index in [4.69, 9.17) is 0 Å². The molecule has 0 aromatic heterocycles. The maximum Gasteiger partial charge on any atom is 0.224 e. The predicted molar refractivity (Wildman–Crippen MR) is 95.9 cm³/mol. The third-order valence-corrected chi connectivity index (χ3v) is 6.93. The summed E-state index contributed by atoms with van der Waals surface area (Å²) in [6.07, 6.45) is 7.19. The zero-order valence-corrected chi connectivity index (χ0v) is 15.4. The molecule has 4 aliphatic rings. The molecule has 0 saturated carbocycles. The molecule has 1 amide bonds. The van der Waals surface area contributed by atoms with Gasteiger partial charge in [0, 0.05) is 44.2 Å². The average molecular weight is 335 g/mol. The SMILES string of the molecule is CN(C)CCNC1CC(=O)N2C[C@@H]3CCCN4CCC[C@@H]([C@H]34)[C@H]2C1. The first-order valence-corrected chi connectivity index (χ1v) is 10.0. The van der Waals surface area contributed by atoms with Crippen LogP contribution in [0.3, 0.4) is 0 Å². The van der Waals surface area contributed by atoms with Crippen LogP contribution in [0.15, 0.2) is 0 Å². The molecule has 5 nitrogen and oxygen atoms in total. The highest BCUT2D eigenvalue weighted by Crippen LogP contribution is 2.44. The van der Waals surface area contributed by atoms with Crippen molar-refractivity contribution in [1.29, 1.82) is 0 Å². The number of hydrogen-bond donors (Lipinski definition) is 1. The van der Waals surface area contributed by atoms with Crippen LogP contribution in [0.25, 0.3) is 0 Å². The molecular formula is C19H34N4O. The highest BCUT2D eigenvalue weighted by Gasteiger charge is 2.51. The summed E-state index contributed by atoms with van der Waals surface area (Å²) in [5.74, 6) is 1.87. The molecule has 0 aromatic carbocycles. The van der Waals surface area contributed by atoms with Gasteiger partial charge in [0.1, 0.15) is 0 Å². The molecule has 5 atom stereocenters. The molecule has 0 radical (unpaired) electrons. The van der Waals surface area contributed by atoms with Gasteiger partial charge in [-0.1, -0.05) is 0 Å². The molecule has 0 aromatic rings. The first kappa shape index (κ1) is 16.8. The Hall–Kier alpha value is -0.650. The second kappa shape index (κ2) is 6.93. The lowest BCUT2D eigenvalue weighted by atomic mass is 9.67. The van der Waals surface area contributed by atoms with Crippen LogP contribution >= 0.6 is 0 Å². The van der Waals surface area contributed by atoms with Gasteiger partial charge in [0.25, 0.3) is 0 Å². The number of fused-ring (bicyclic) bond motifs is 2. The fourth-order valence-electron chi connectivity index (χ4n) is 5.93. The van der Waals surface area contributed by atoms with Gasteiger partial charge in [-0.3, -0.25) is 9.69 Å². The van der Waals surface area contributed by atoms with Gasteiger partial charge in [0.15, 0.2) is 0 Å². The molecule has 4 fully saturated rings. The molecule has 4 saturated heterocycles. The number of nitrogens with zero attached hydrogens (tertiary/aromatic N) is 3. The maximum atomic E-state index is 12.8. The number of piperidine rings is 4. The third kappa shape index (κ3) is 3.11. The monoisotopic (exact) mass is 334 g/mol. The Morgan fingerprint density at radius 2 is 2.00 bits per heavy atom. The Morgan fingerprint density at radius 3 is 2.79 bits per heavy atom. The standard InChI is InChI=1S/C19H34N4O/c1-21(2)10-7-20-15-11-17-16-6-4-9-22-8-3-5-14(19(16)22)13-23(17)18(24)12-15/h14-17,19-20H,3-13H2,1-2H3/t14-,15?,16+,17+,19-/m0/s1. The van der Waals surface area contributed by atoms with Crippen LogP contribution in [-0.2, 0) is 4.79 Å². The first-order chi connectivity index (χ1) is 11.6. The molecule has 4 rings (SSSR count). The minimum absolute atomic E-state index is 0.384. The number of rotatable bonds is 4. The molecule has 0 aliphatic carbocycles. The largest absolute Gasteiger partial charge is 0.339 e. The molecule has 0 bridgehead atoms. The molecule has 1 unspecified atom stereocenters. The normalized spacial score (nSPS) is 39.7. The smallest absolute Gasteiger partial charge is 0.224 e. The van der Waals surface area contributed by atoms with Crippen molar-refractivity contribution >= 4 is 5.91 Å². The van der Waals surface area contributed by atoms with Gasteiger partial charge in [-0.2, -0.15) is 0 Å². The zero-order chi connectivity index (χ0) is 16.7. The molecule has 136 valence electrons. The van der Waals surface area contributed by atoms with Crippen molar-refractivity contribution in [3.8, 4) is 0 Å². The fraction of sp³-hybridized carbons (Fsp3) is 0.947. The summed E-state index contributed by atoms with van der Waals surface area (Å²) in [5, 5.41) is 3.66. The number of nitrogens with one attached hydrogen (secondary N) is 1. The topological polar surface area (TPSA) is 38.8 Å². The van der Waals surface area contributed by atoms with E-state index in [1.807, 2.05) is 0 Å². The van der Waals surface area contributed by atoms with Gasteiger partial charge in [0.2, 0.25) is 5.91 Å². The van der Waals surface area contributed by atoms with E-state index in [2.05, 4.69) is 34.1 Å². The number of carbonyl (C=O) groups is 1. The fourth-order valence-corrected chi connectivity index (χ4v) is 5.93. The van der Waals surface area contributed by atoms with Gasteiger partial charge in [-0.25, -0.2) is 0 Å². The molecule has 4 aliphatic heterocycles. The summed E-state index contributed by atoms with van der Waals surface area (Å²) in [6, 6.07) is 1.64. The summed E-state index contributed by atoms with van der Waals surface area (Å²) < 4.78 is 0. The van der Waals surface area contributed by atoms with Crippen LogP contribution < -0.4 is 5.32 Å². The van der Waals surface area contributed by atoms with Crippen molar-refractivity contribution < 1.29 is 4.79 Å². The second-order valence-electron chi connectivity index (χ2n) is 8.74. The molecule has 4 heterocycles. The van der Waals surface area contributed by atoms with Crippen molar-refractivity contribution in [2.24, 2.45) is 11.8 Å². The Morgan fingerprint density at radius 1 is 1.21 bits per heavy atom. The van der Waals surface area contributed by atoms with Crippen molar-refractivity contribution in [3.63, 3.8) is 0 Å². The number of carbonyl (C=O) groups excluding carboxylic acids is 1. The average Bonchev–Trinajstić information content (AvgIpc) is 2.56. The van der Waals surface area contributed by atoms with Gasteiger partial charge in [-0.15, -0.1) is 0 Å². The van der Waals surface area contributed by atoms with E-state index in [0.717, 1.165) is 37.5 Å². The first-order valence-electron chi connectivity index (χ1n) is 10.0. The number of amides is 1. The summed E-state index contributed by atoms with van der Waals surface area (Å²) in [5.41, 5.74) is 0. The van der Waals surface area contributed by atoms with Crippen LogP contribution in [-0.4, -0.2) is 85.6 Å². The van der Waals surface area contributed by atoms with Crippen LogP contribution in [0, 0.1) is 11.8 Å². The Kier molecular flexibility index (Phi) is 4.85. The van der Waals surface area contributed by atoms with E-state index in [-0.39, 0.29) is 0 Å². The predicted octanol–water partition coefficient (Wildman–Crippen LogP) is 1.00. The number of hydrogen-bond acceptors (Lipinski definition) is 4. The molecule has 5 heteroatoms. The Labute approximate surface area is 146 Å². The van der Waals surface area contributed by atoms with Crippen molar-refractivity contribution in [3.05, 3.63) is 0 Å². The van der Waals surface area contributed by atoms with Crippen molar-refractivity contribution in [2.45, 2.75) is 56.7 Å². The van der Waals surface area contributed by atoms with Crippen LogP contribution in [0.1, 0.15) is 38.5 Å². The highest BCUT2D eigenvalue weighted by atomic mass is 16.2. The van der Waals surface area contributed by atoms with Gasteiger partial charge >= 0.3 is 0 Å². The Bertz CT molecular complexity index is 466. The van der Waals surface area contributed by atoms with Gasteiger partial charge in [-0.05, 0) is 71.1 Å². The summed E-state index contributed by atoms with van der Waals surface area (Å²) in [7, 11) is 4.22. The maximum absolute atomic E-state index is 12.8. The second-order valence-corrected chi connectivity index (χ2v) is 8.74. The lowest BCUT2D eigenvalue weighted by Crippen LogP contribution is -2.68. The van der Waals surface area contributed by atoms with Crippen LogP contribution in [0.2, 0.25) is 0 Å². The molecule has 1 N–H and O–H groups in total. The van der Waals surface area contributed by atoms with E-state index in [9.17, 15) is 4.79 Å². The summed E-state index contributed by atoms with van der Waals surface area (Å²) >= 11 is 0. The summed E-state index contributed by atoms with van der Waals surface area (Å²) in [6.45, 7) is 5.65.